The number of ketones is 1. The van der Waals surface area contributed by atoms with E-state index in [0.29, 0.717) is 23.7 Å². The summed E-state index contributed by atoms with van der Waals surface area (Å²) >= 11 is 0. The molecule has 0 saturated heterocycles. The highest BCUT2D eigenvalue weighted by Gasteiger charge is 2.10. The van der Waals surface area contributed by atoms with Crippen LogP contribution in [0.3, 0.4) is 0 Å². The van der Waals surface area contributed by atoms with Crippen molar-refractivity contribution in [1.82, 2.24) is 0 Å². The van der Waals surface area contributed by atoms with Crippen LogP contribution in [-0.2, 0) is 0 Å². The molecule has 3 nitrogen and oxygen atoms in total. The van der Waals surface area contributed by atoms with Crippen LogP contribution in [0, 0.1) is 0 Å². The fraction of sp³-hybridized carbons (Fsp3) is 0.500. The van der Waals surface area contributed by atoms with Crippen LogP contribution in [0.15, 0.2) is 18.2 Å². The molecule has 0 aliphatic rings. The summed E-state index contributed by atoms with van der Waals surface area (Å²) in [5.74, 6) is 1.37. The number of carbonyl (C=O) groups excluding carboxylic acids is 1. The van der Waals surface area contributed by atoms with Crippen molar-refractivity contribution in [2.45, 2.75) is 40.2 Å². The molecule has 0 aromatic heterocycles. The van der Waals surface area contributed by atoms with Gasteiger partial charge in [-0.15, -0.1) is 0 Å². The van der Waals surface area contributed by atoms with Gasteiger partial charge in [-0.2, -0.15) is 0 Å². The first-order valence-corrected chi connectivity index (χ1v) is 5.99. The van der Waals surface area contributed by atoms with E-state index in [0.717, 1.165) is 6.42 Å². The quantitative estimate of drug-likeness (QED) is 0.709. The number of hydrogen-bond acceptors (Lipinski definition) is 3. The molecule has 0 fully saturated rings. The molecule has 0 bridgehead atoms. The molecule has 1 aromatic carbocycles. The minimum Gasteiger partial charge on any atom is -0.490 e. The molecule has 1 rings (SSSR count). The molecule has 0 N–H and O–H groups in total. The number of carbonyl (C=O) groups is 1. The first-order valence-electron chi connectivity index (χ1n) is 5.99. The van der Waals surface area contributed by atoms with Gasteiger partial charge in [-0.05, 0) is 45.4 Å². The Labute approximate surface area is 103 Å². The Morgan fingerprint density at radius 3 is 2.53 bits per heavy atom. The van der Waals surface area contributed by atoms with Gasteiger partial charge in [0.25, 0.3) is 0 Å². The first-order chi connectivity index (χ1) is 8.04. The average Bonchev–Trinajstić information content (AvgIpc) is 2.26. The third-order valence-electron chi connectivity index (χ3n) is 2.17. The van der Waals surface area contributed by atoms with Gasteiger partial charge in [0, 0.05) is 5.56 Å². The number of hydrogen-bond donors (Lipinski definition) is 0. The molecule has 0 radical (unpaired) electrons. The molecule has 0 aliphatic carbocycles. The van der Waals surface area contributed by atoms with E-state index >= 15 is 0 Å². The Balaban J connectivity index is 2.98. The van der Waals surface area contributed by atoms with Crippen molar-refractivity contribution < 1.29 is 14.3 Å². The van der Waals surface area contributed by atoms with Gasteiger partial charge in [-0.25, -0.2) is 0 Å². The van der Waals surface area contributed by atoms with Crippen molar-refractivity contribution in [3.8, 4) is 11.5 Å². The van der Waals surface area contributed by atoms with E-state index in [1.54, 1.807) is 25.1 Å². The summed E-state index contributed by atoms with van der Waals surface area (Å²) in [5, 5.41) is 0. The van der Waals surface area contributed by atoms with E-state index < -0.39 is 0 Å². The Morgan fingerprint density at radius 1 is 1.29 bits per heavy atom. The zero-order chi connectivity index (χ0) is 12.8. The molecule has 17 heavy (non-hydrogen) atoms. The van der Waals surface area contributed by atoms with E-state index in [1.807, 2.05) is 20.8 Å². The molecule has 0 aliphatic heterocycles. The summed E-state index contributed by atoms with van der Waals surface area (Å²) in [6.45, 7) is 8.13. The Hall–Kier alpha value is -1.51. The van der Waals surface area contributed by atoms with E-state index in [1.165, 1.54) is 0 Å². The van der Waals surface area contributed by atoms with Crippen LogP contribution in [0.25, 0.3) is 0 Å². The minimum absolute atomic E-state index is 0.0300. The van der Waals surface area contributed by atoms with Gasteiger partial charge in [-0.1, -0.05) is 6.92 Å². The van der Waals surface area contributed by atoms with Gasteiger partial charge < -0.3 is 9.47 Å². The summed E-state index contributed by atoms with van der Waals surface area (Å²) in [7, 11) is 0. The second kappa shape index (κ2) is 6.28. The van der Waals surface area contributed by atoms with Crippen LogP contribution in [0.1, 0.15) is 44.5 Å². The van der Waals surface area contributed by atoms with Crippen LogP contribution in [-0.4, -0.2) is 18.5 Å². The Bertz CT molecular complexity index is 383. The normalized spacial score (nSPS) is 10.4. The summed E-state index contributed by atoms with van der Waals surface area (Å²) in [4.78, 5) is 11.3. The predicted molar refractivity (Wildman–Crippen MR) is 68.0 cm³/mol. The van der Waals surface area contributed by atoms with Gasteiger partial charge >= 0.3 is 0 Å². The van der Waals surface area contributed by atoms with E-state index in [-0.39, 0.29) is 11.9 Å². The third-order valence-corrected chi connectivity index (χ3v) is 2.17. The maximum Gasteiger partial charge on any atom is 0.161 e. The Kier molecular flexibility index (Phi) is 5.01. The van der Waals surface area contributed by atoms with Crippen LogP contribution in [0.4, 0.5) is 0 Å². The second-order valence-corrected chi connectivity index (χ2v) is 4.23. The predicted octanol–water partition coefficient (Wildman–Crippen LogP) is 3.47. The number of rotatable bonds is 6. The van der Waals surface area contributed by atoms with Crippen molar-refractivity contribution in [3.05, 3.63) is 23.8 Å². The van der Waals surface area contributed by atoms with Gasteiger partial charge in [0.05, 0.1) is 12.7 Å². The van der Waals surface area contributed by atoms with Gasteiger partial charge in [0.15, 0.2) is 17.3 Å². The van der Waals surface area contributed by atoms with Crippen LogP contribution in [0.2, 0.25) is 0 Å². The molecular weight excluding hydrogens is 216 g/mol. The highest BCUT2D eigenvalue weighted by Crippen LogP contribution is 2.29. The van der Waals surface area contributed by atoms with E-state index in [9.17, 15) is 4.79 Å². The van der Waals surface area contributed by atoms with Crippen LogP contribution >= 0.6 is 0 Å². The molecule has 0 spiro atoms. The lowest BCUT2D eigenvalue weighted by Gasteiger charge is -2.15. The molecule has 3 heteroatoms. The third kappa shape index (κ3) is 4.10. The monoisotopic (exact) mass is 236 g/mol. The van der Waals surface area contributed by atoms with Crippen molar-refractivity contribution >= 4 is 5.78 Å². The van der Waals surface area contributed by atoms with Gasteiger partial charge in [-0.3, -0.25) is 4.79 Å². The van der Waals surface area contributed by atoms with Crippen LogP contribution < -0.4 is 9.47 Å². The maximum atomic E-state index is 11.3. The highest BCUT2D eigenvalue weighted by molar-refractivity contribution is 5.94. The molecular formula is C14H20O3. The summed E-state index contributed by atoms with van der Waals surface area (Å²) in [5.41, 5.74) is 0.646. The smallest absolute Gasteiger partial charge is 0.161 e. The van der Waals surface area contributed by atoms with Crippen molar-refractivity contribution in [3.63, 3.8) is 0 Å². The summed E-state index contributed by atoms with van der Waals surface area (Å²) in [6, 6.07) is 5.30. The summed E-state index contributed by atoms with van der Waals surface area (Å²) in [6.07, 6.45) is 1.01. The van der Waals surface area contributed by atoms with Crippen molar-refractivity contribution in [2.75, 3.05) is 6.61 Å². The van der Waals surface area contributed by atoms with E-state index in [4.69, 9.17) is 9.47 Å². The average molecular weight is 236 g/mol. The SMILES string of the molecule is CCCOc1cc(C(C)=O)ccc1OC(C)C. The molecule has 1 aromatic rings. The zero-order valence-electron chi connectivity index (χ0n) is 10.9. The topological polar surface area (TPSA) is 35.5 Å². The van der Waals surface area contributed by atoms with Crippen molar-refractivity contribution in [2.24, 2.45) is 0 Å². The number of Topliss-reactive ketones (excluding diaryl/α,β-unsaturated/α-hetero) is 1. The van der Waals surface area contributed by atoms with E-state index in [2.05, 4.69) is 0 Å². The van der Waals surface area contributed by atoms with Gasteiger partial charge in [0.2, 0.25) is 0 Å². The summed E-state index contributed by atoms with van der Waals surface area (Å²) < 4.78 is 11.2. The fourth-order valence-electron chi connectivity index (χ4n) is 1.40. The van der Waals surface area contributed by atoms with Crippen LogP contribution in [0.5, 0.6) is 11.5 Å². The molecule has 0 saturated carbocycles. The molecule has 0 atom stereocenters. The fourth-order valence-corrected chi connectivity index (χ4v) is 1.40. The molecule has 0 heterocycles. The lowest BCUT2D eigenvalue weighted by atomic mass is 10.1. The number of ether oxygens (including phenoxy) is 2. The molecule has 94 valence electrons. The van der Waals surface area contributed by atoms with Crippen molar-refractivity contribution in [1.29, 1.82) is 0 Å². The Morgan fingerprint density at radius 2 is 2.00 bits per heavy atom. The molecule has 0 amide bonds. The lowest BCUT2D eigenvalue weighted by Crippen LogP contribution is -2.08. The molecule has 0 unspecified atom stereocenters. The van der Waals surface area contributed by atoms with Gasteiger partial charge in [0.1, 0.15) is 0 Å². The standard InChI is InChI=1S/C14H20O3/c1-5-8-16-14-9-12(11(4)15)6-7-13(14)17-10(2)3/h6-7,9-10H,5,8H2,1-4H3. The maximum absolute atomic E-state index is 11.3. The second-order valence-electron chi connectivity index (χ2n) is 4.23. The highest BCUT2D eigenvalue weighted by atomic mass is 16.5. The largest absolute Gasteiger partial charge is 0.490 e. The minimum atomic E-state index is 0.0300. The first kappa shape index (κ1) is 13.6. The number of benzene rings is 1. The lowest BCUT2D eigenvalue weighted by molar-refractivity contribution is 0.101. The zero-order valence-corrected chi connectivity index (χ0v) is 10.9.